The second kappa shape index (κ2) is 13.6. The highest BCUT2D eigenvalue weighted by atomic mass is 32.1. The van der Waals surface area contributed by atoms with E-state index in [-0.39, 0.29) is 0 Å². The maximum absolute atomic E-state index is 2.47. The van der Waals surface area contributed by atoms with Gasteiger partial charge in [0.05, 0.1) is 0 Å². The highest BCUT2D eigenvalue weighted by molar-refractivity contribution is 7.26. The zero-order valence-electron chi connectivity index (χ0n) is 32.1. The molecule has 0 saturated heterocycles. The molecular formula is C56H40S. The van der Waals surface area contributed by atoms with Gasteiger partial charge in [0.2, 0.25) is 0 Å². The Morgan fingerprint density at radius 2 is 0.912 bits per heavy atom. The Bertz CT molecular complexity index is 3320. The third-order valence-electron chi connectivity index (χ3n) is 12.2. The fraction of sp³-hybridized carbons (Fsp3) is 0.0714. The topological polar surface area (TPSA) is 0 Å². The molecule has 0 nitrogen and oxygen atoms in total. The molecule has 0 fully saturated rings. The molecule has 10 aromatic carbocycles. The Morgan fingerprint density at radius 1 is 0.333 bits per heavy atom. The van der Waals surface area contributed by atoms with Crippen LogP contribution in [0.2, 0.25) is 0 Å². The molecular weight excluding hydrogens is 705 g/mol. The Balaban J connectivity index is 1.07. The maximum Gasteiger partial charge on any atom is 0.0434 e. The number of fused-ring (bicyclic) bond motifs is 8. The summed E-state index contributed by atoms with van der Waals surface area (Å²) >= 11 is 1.94. The van der Waals surface area contributed by atoms with E-state index in [0.717, 1.165) is 12.8 Å². The quantitative estimate of drug-likeness (QED) is 0.149. The second-order valence-electron chi connectivity index (χ2n) is 15.3. The second-order valence-corrected chi connectivity index (χ2v) is 16.4. The van der Waals surface area contributed by atoms with Crippen LogP contribution in [-0.4, -0.2) is 0 Å². The van der Waals surface area contributed by atoms with Crippen LogP contribution in [0.3, 0.4) is 0 Å². The van der Waals surface area contributed by atoms with Crippen molar-refractivity contribution < 1.29 is 0 Å². The molecule has 0 amide bonds. The van der Waals surface area contributed by atoms with Crippen LogP contribution >= 0.6 is 11.3 Å². The highest BCUT2D eigenvalue weighted by Crippen LogP contribution is 2.46. The van der Waals surface area contributed by atoms with Gasteiger partial charge in [-0.2, -0.15) is 0 Å². The number of thiophene rings is 1. The van der Waals surface area contributed by atoms with E-state index in [0.29, 0.717) is 0 Å². The van der Waals surface area contributed by atoms with Crippen LogP contribution in [-0.2, 0) is 12.8 Å². The molecule has 0 N–H and O–H groups in total. The Kier molecular flexibility index (Phi) is 8.05. The fourth-order valence-electron chi connectivity index (χ4n) is 9.40. The standard InChI is InChI=1S/C56H40S/c1-3-35-14-7-8-19-44(35)50-34-52-49-29-28-38-25-26-41(32-51(38)56(49)57-53(52)33-36(50)4-2)40-17-13-18-42(31-40)54-45-20-9-11-22-47(45)55(48-23-12-10-21-46(48)54)43-27-24-37-15-5-6-16-39(37)30-43/h5-34H,3-4H2,1-2H3. The minimum Gasteiger partial charge on any atom is -0.135 e. The molecule has 0 aliphatic carbocycles. The number of benzene rings is 10. The molecule has 1 aromatic heterocycles. The zero-order valence-corrected chi connectivity index (χ0v) is 33.0. The Labute approximate surface area is 337 Å². The van der Waals surface area contributed by atoms with Gasteiger partial charge in [-0.3, -0.25) is 0 Å². The normalized spacial score (nSPS) is 11.8. The minimum absolute atomic E-state index is 1.01. The van der Waals surface area contributed by atoms with Gasteiger partial charge < -0.3 is 0 Å². The number of hydrogen-bond donors (Lipinski definition) is 0. The third-order valence-corrected chi connectivity index (χ3v) is 13.4. The lowest BCUT2D eigenvalue weighted by atomic mass is 9.85. The molecule has 1 heteroatoms. The third kappa shape index (κ3) is 5.49. The molecule has 57 heavy (non-hydrogen) atoms. The smallest absolute Gasteiger partial charge is 0.0434 e. The summed E-state index contributed by atoms with van der Waals surface area (Å²) in [6.07, 6.45) is 2.04. The summed E-state index contributed by atoms with van der Waals surface area (Å²) in [6, 6.07) is 68.2. The highest BCUT2D eigenvalue weighted by Gasteiger charge is 2.18. The lowest BCUT2D eigenvalue weighted by Crippen LogP contribution is -1.92. The SMILES string of the molecule is CCc1ccccc1-c1cc2c(cc1CC)sc1c3cc(-c4cccc(-c5c6ccccc6c(-c6ccc7ccccc7c6)c6ccccc56)c4)ccc3ccc21. The minimum atomic E-state index is 1.01. The number of hydrogen-bond acceptors (Lipinski definition) is 1. The van der Waals surface area contributed by atoms with Gasteiger partial charge in [0.25, 0.3) is 0 Å². The number of aryl methyl sites for hydroxylation is 2. The summed E-state index contributed by atoms with van der Waals surface area (Å²) in [5.41, 5.74) is 13.1. The van der Waals surface area contributed by atoms with Crippen molar-refractivity contribution in [3.63, 3.8) is 0 Å². The van der Waals surface area contributed by atoms with Crippen molar-refractivity contribution in [1.82, 2.24) is 0 Å². The number of rotatable bonds is 6. The lowest BCUT2D eigenvalue weighted by molar-refractivity contribution is 1.12. The van der Waals surface area contributed by atoms with Crippen molar-refractivity contribution in [2.24, 2.45) is 0 Å². The molecule has 0 spiro atoms. The molecule has 11 rings (SSSR count). The summed E-state index contributed by atoms with van der Waals surface area (Å²) in [4.78, 5) is 0. The molecule has 0 bridgehead atoms. The van der Waals surface area contributed by atoms with E-state index < -0.39 is 0 Å². The van der Waals surface area contributed by atoms with Crippen molar-refractivity contribution in [1.29, 1.82) is 0 Å². The van der Waals surface area contributed by atoms with Gasteiger partial charge in [-0.25, -0.2) is 0 Å². The first-order valence-electron chi connectivity index (χ1n) is 20.2. The van der Waals surface area contributed by atoms with Gasteiger partial charge in [-0.1, -0.05) is 166 Å². The average Bonchev–Trinajstić information content (AvgIpc) is 3.65. The molecule has 1 heterocycles. The van der Waals surface area contributed by atoms with Gasteiger partial charge in [0, 0.05) is 25.6 Å². The predicted molar refractivity (Wildman–Crippen MR) is 250 cm³/mol. The Hall–Kier alpha value is -6.54. The van der Waals surface area contributed by atoms with Gasteiger partial charge in [0.15, 0.2) is 0 Å². The first-order chi connectivity index (χ1) is 28.2. The predicted octanol–water partition coefficient (Wildman–Crippen LogP) is 16.5. The van der Waals surface area contributed by atoms with Crippen molar-refractivity contribution in [3.05, 3.63) is 193 Å². The molecule has 0 aliphatic heterocycles. The van der Waals surface area contributed by atoms with E-state index in [2.05, 4.69) is 196 Å². The summed E-state index contributed by atoms with van der Waals surface area (Å²) in [7, 11) is 0. The summed E-state index contributed by atoms with van der Waals surface area (Å²) < 4.78 is 2.73. The van der Waals surface area contributed by atoms with Crippen molar-refractivity contribution in [2.75, 3.05) is 0 Å². The fourth-order valence-corrected chi connectivity index (χ4v) is 10.7. The van der Waals surface area contributed by atoms with Crippen LogP contribution < -0.4 is 0 Å². The molecule has 0 unspecified atom stereocenters. The molecule has 0 aliphatic rings. The van der Waals surface area contributed by atoms with E-state index in [4.69, 9.17) is 0 Å². The van der Waals surface area contributed by atoms with Crippen LogP contribution in [0.25, 0.3) is 108 Å². The van der Waals surface area contributed by atoms with Crippen LogP contribution in [0.15, 0.2) is 182 Å². The zero-order chi connectivity index (χ0) is 38.0. The molecule has 270 valence electrons. The van der Waals surface area contributed by atoms with Crippen molar-refractivity contribution in [3.8, 4) is 44.5 Å². The van der Waals surface area contributed by atoms with Crippen LogP contribution in [0.5, 0.6) is 0 Å². The molecule has 0 saturated carbocycles. The molecule has 0 atom stereocenters. The van der Waals surface area contributed by atoms with Crippen LogP contribution in [0, 0.1) is 0 Å². The maximum atomic E-state index is 2.47. The van der Waals surface area contributed by atoms with E-state index in [1.807, 2.05) is 11.3 Å². The largest absolute Gasteiger partial charge is 0.135 e. The van der Waals surface area contributed by atoms with Crippen molar-refractivity contribution >= 4 is 74.6 Å². The monoisotopic (exact) mass is 744 g/mol. The van der Waals surface area contributed by atoms with E-state index in [1.165, 1.54) is 119 Å². The van der Waals surface area contributed by atoms with Gasteiger partial charge in [-0.15, -0.1) is 11.3 Å². The van der Waals surface area contributed by atoms with E-state index in [9.17, 15) is 0 Å². The van der Waals surface area contributed by atoms with Gasteiger partial charge >= 0.3 is 0 Å². The average molecular weight is 745 g/mol. The van der Waals surface area contributed by atoms with Gasteiger partial charge in [0.1, 0.15) is 0 Å². The first-order valence-corrected chi connectivity index (χ1v) is 21.0. The molecule has 0 radical (unpaired) electrons. The van der Waals surface area contributed by atoms with Crippen LogP contribution in [0.1, 0.15) is 25.0 Å². The van der Waals surface area contributed by atoms with E-state index >= 15 is 0 Å². The van der Waals surface area contributed by atoms with E-state index in [1.54, 1.807) is 0 Å². The van der Waals surface area contributed by atoms with Crippen molar-refractivity contribution in [2.45, 2.75) is 26.7 Å². The molecule has 11 aromatic rings. The lowest BCUT2D eigenvalue weighted by Gasteiger charge is -2.18. The first kappa shape index (κ1) is 33.8. The van der Waals surface area contributed by atoms with Gasteiger partial charge in [-0.05, 0) is 137 Å². The summed E-state index contributed by atoms with van der Waals surface area (Å²) in [5.74, 6) is 0. The summed E-state index contributed by atoms with van der Waals surface area (Å²) in [6.45, 7) is 4.54. The van der Waals surface area contributed by atoms with Crippen LogP contribution in [0.4, 0.5) is 0 Å². The Morgan fingerprint density at radius 3 is 1.65 bits per heavy atom. The summed E-state index contributed by atoms with van der Waals surface area (Å²) in [5, 5.41) is 12.9.